The number of para-hydroxylation sites is 1. The van der Waals surface area contributed by atoms with Crippen molar-refractivity contribution in [2.24, 2.45) is 0 Å². The SMILES string of the molecule is C=C(Cl)CNc1c(N)cccc1Cl. The van der Waals surface area contributed by atoms with Gasteiger partial charge in [-0.25, -0.2) is 0 Å². The first-order chi connectivity index (χ1) is 6.11. The molecule has 0 radical (unpaired) electrons. The summed E-state index contributed by atoms with van der Waals surface area (Å²) in [6.07, 6.45) is 0. The minimum Gasteiger partial charge on any atom is -0.397 e. The van der Waals surface area contributed by atoms with Crippen LogP contribution in [0.1, 0.15) is 0 Å². The zero-order chi connectivity index (χ0) is 9.84. The Morgan fingerprint density at radius 2 is 2.23 bits per heavy atom. The third-order valence-electron chi connectivity index (χ3n) is 1.50. The van der Waals surface area contributed by atoms with Crippen molar-refractivity contribution in [2.45, 2.75) is 0 Å². The summed E-state index contributed by atoms with van der Waals surface area (Å²) in [5.74, 6) is 0. The number of anilines is 2. The van der Waals surface area contributed by atoms with E-state index in [1.165, 1.54) is 0 Å². The van der Waals surface area contributed by atoms with Gasteiger partial charge in [-0.1, -0.05) is 35.8 Å². The van der Waals surface area contributed by atoms with E-state index in [2.05, 4.69) is 11.9 Å². The van der Waals surface area contributed by atoms with E-state index in [0.717, 1.165) is 0 Å². The van der Waals surface area contributed by atoms with Gasteiger partial charge in [0, 0.05) is 5.03 Å². The third kappa shape index (κ3) is 2.83. The molecule has 0 spiro atoms. The summed E-state index contributed by atoms with van der Waals surface area (Å²) in [4.78, 5) is 0. The maximum absolute atomic E-state index is 5.90. The van der Waals surface area contributed by atoms with Gasteiger partial charge < -0.3 is 11.1 Å². The van der Waals surface area contributed by atoms with Crippen LogP contribution in [0.2, 0.25) is 5.02 Å². The molecular formula is C9H10Cl2N2. The smallest absolute Gasteiger partial charge is 0.0766 e. The van der Waals surface area contributed by atoms with E-state index in [4.69, 9.17) is 28.9 Å². The topological polar surface area (TPSA) is 38.0 Å². The minimum absolute atomic E-state index is 0.454. The number of rotatable bonds is 3. The van der Waals surface area contributed by atoms with Crippen LogP contribution in [0.4, 0.5) is 11.4 Å². The molecule has 0 amide bonds. The highest BCUT2D eigenvalue weighted by Gasteiger charge is 2.02. The van der Waals surface area contributed by atoms with E-state index in [1.54, 1.807) is 18.2 Å². The van der Waals surface area contributed by atoms with Gasteiger partial charge >= 0.3 is 0 Å². The number of hydrogen-bond acceptors (Lipinski definition) is 2. The monoisotopic (exact) mass is 216 g/mol. The van der Waals surface area contributed by atoms with Crippen molar-refractivity contribution in [3.8, 4) is 0 Å². The Kier molecular flexibility index (Phi) is 3.46. The molecule has 0 bridgehead atoms. The molecule has 1 aromatic rings. The van der Waals surface area contributed by atoms with Gasteiger partial charge in [0.1, 0.15) is 0 Å². The largest absolute Gasteiger partial charge is 0.397 e. The molecule has 2 nitrogen and oxygen atoms in total. The molecule has 0 unspecified atom stereocenters. The Bertz CT molecular complexity index is 303. The van der Waals surface area contributed by atoms with E-state index < -0.39 is 0 Å². The first-order valence-electron chi connectivity index (χ1n) is 3.72. The predicted octanol–water partition coefficient (Wildman–Crippen LogP) is 3.09. The van der Waals surface area contributed by atoms with Crippen LogP contribution in [-0.2, 0) is 0 Å². The van der Waals surface area contributed by atoms with Gasteiger partial charge in [0.05, 0.1) is 22.9 Å². The van der Waals surface area contributed by atoms with Crippen molar-refractivity contribution in [1.82, 2.24) is 0 Å². The molecule has 0 atom stereocenters. The van der Waals surface area contributed by atoms with Crippen molar-refractivity contribution in [2.75, 3.05) is 17.6 Å². The maximum atomic E-state index is 5.90. The van der Waals surface area contributed by atoms with Crippen LogP contribution < -0.4 is 11.1 Å². The van der Waals surface area contributed by atoms with E-state index in [9.17, 15) is 0 Å². The van der Waals surface area contributed by atoms with Crippen molar-refractivity contribution in [3.05, 3.63) is 34.8 Å². The number of halogens is 2. The molecule has 0 saturated heterocycles. The Labute approximate surface area is 87.3 Å². The van der Waals surface area contributed by atoms with Gasteiger partial charge in [0.15, 0.2) is 0 Å². The van der Waals surface area contributed by atoms with E-state index in [-0.39, 0.29) is 0 Å². The Balaban J connectivity index is 2.81. The molecule has 0 aliphatic carbocycles. The fourth-order valence-corrected chi connectivity index (χ4v) is 1.23. The second-order valence-corrected chi connectivity index (χ2v) is 3.52. The molecule has 0 heterocycles. The van der Waals surface area contributed by atoms with Gasteiger partial charge in [-0.3, -0.25) is 0 Å². The van der Waals surface area contributed by atoms with Crippen molar-refractivity contribution < 1.29 is 0 Å². The van der Waals surface area contributed by atoms with Gasteiger partial charge in [0.25, 0.3) is 0 Å². The van der Waals surface area contributed by atoms with Gasteiger partial charge in [-0.05, 0) is 12.1 Å². The van der Waals surface area contributed by atoms with Crippen LogP contribution in [0, 0.1) is 0 Å². The number of nitrogen functional groups attached to an aromatic ring is 1. The average molecular weight is 217 g/mol. The lowest BCUT2D eigenvalue weighted by Crippen LogP contribution is -2.04. The van der Waals surface area contributed by atoms with Crippen LogP contribution in [0.3, 0.4) is 0 Å². The third-order valence-corrected chi connectivity index (χ3v) is 1.95. The van der Waals surface area contributed by atoms with E-state index >= 15 is 0 Å². The molecule has 3 N–H and O–H groups in total. The Morgan fingerprint density at radius 3 is 2.77 bits per heavy atom. The standard InChI is InChI=1S/C9H10Cl2N2/c1-6(10)5-13-9-7(11)3-2-4-8(9)12/h2-4,13H,1,5,12H2. The second-order valence-electron chi connectivity index (χ2n) is 2.57. The first-order valence-corrected chi connectivity index (χ1v) is 4.48. The van der Waals surface area contributed by atoms with Crippen molar-refractivity contribution >= 4 is 34.6 Å². The molecule has 0 saturated carbocycles. The summed E-state index contributed by atoms with van der Waals surface area (Å²) in [6.45, 7) is 4.00. The summed E-state index contributed by atoms with van der Waals surface area (Å²) in [6, 6.07) is 5.32. The highest BCUT2D eigenvalue weighted by molar-refractivity contribution is 6.34. The highest BCUT2D eigenvalue weighted by Crippen LogP contribution is 2.27. The van der Waals surface area contributed by atoms with Crippen LogP contribution in [0.15, 0.2) is 29.8 Å². The fraction of sp³-hybridized carbons (Fsp3) is 0.111. The minimum atomic E-state index is 0.454. The van der Waals surface area contributed by atoms with Gasteiger partial charge in [0.2, 0.25) is 0 Å². The highest BCUT2D eigenvalue weighted by atomic mass is 35.5. The summed E-state index contributed by atoms with van der Waals surface area (Å²) in [5, 5.41) is 4.09. The van der Waals surface area contributed by atoms with E-state index in [0.29, 0.717) is 28.0 Å². The summed E-state index contributed by atoms with van der Waals surface area (Å²) in [5.41, 5.74) is 6.99. The maximum Gasteiger partial charge on any atom is 0.0766 e. The first kappa shape index (κ1) is 10.2. The molecule has 0 fully saturated rings. The molecule has 4 heteroatoms. The predicted molar refractivity (Wildman–Crippen MR) is 59.3 cm³/mol. The lowest BCUT2D eigenvalue weighted by Gasteiger charge is -2.09. The average Bonchev–Trinajstić information content (AvgIpc) is 2.03. The second kappa shape index (κ2) is 4.40. The molecule has 13 heavy (non-hydrogen) atoms. The summed E-state index contributed by atoms with van der Waals surface area (Å²) in [7, 11) is 0. The lowest BCUT2D eigenvalue weighted by molar-refractivity contribution is 1.32. The summed E-state index contributed by atoms with van der Waals surface area (Å²) >= 11 is 11.5. The van der Waals surface area contributed by atoms with Gasteiger partial charge in [-0.2, -0.15) is 0 Å². The fourth-order valence-electron chi connectivity index (χ4n) is 0.912. The number of nitrogens with one attached hydrogen (secondary N) is 1. The molecule has 0 aromatic heterocycles. The van der Waals surface area contributed by atoms with E-state index in [1.807, 2.05) is 0 Å². The Morgan fingerprint density at radius 1 is 1.54 bits per heavy atom. The molecule has 1 rings (SSSR count). The van der Waals surface area contributed by atoms with Crippen LogP contribution in [0.5, 0.6) is 0 Å². The van der Waals surface area contributed by atoms with Crippen LogP contribution >= 0.6 is 23.2 Å². The number of hydrogen-bond donors (Lipinski definition) is 2. The quantitative estimate of drug-likeness (QED) is 0.763. The zero-order valence-electron chi connectivity index (χ0n) is 6.98. The van der Waals surface area contributed by atoms with Crippen molar-refractivity contribution in [1.29, 1.82) is 0 Å². The summed E-state index contributed by atoms with van der Waals surface area (Å²) < 4.78 is 0. The van der Waals surface area contributed by atoms with Gasteiger partial charge in [-0.15, -0.1) is 0 Å². The molecule has 70 valence electrons. The number of benzene rings is 1. The van der Waals surface area contributed by atoms with Crippen LogP contribution in [-0.4, -0.2) is 6.54 Å². The molecular weight excluding hydrogens is 207 g/mol. The number of nitrogens with two attached hydrogens (primary N) is 1. The molecule has 0 aliphatic heterocycles. The molecule has 1 aromatic carbocycles. The van der Waals surface area contributed by atoms with Crippen LogP contribution in [0.25, 0.3) is 0 Å². The normalized spacial score (nSPS) is 9.69. The lowest BCUT2D eigenvalue weighted by atomic mass is 10.2. The van der Waals surface area contributed by atoms with Crippen molar-refractivity contribution in [3.63, 3.8) is 0 Å². The Hall–Kier alpha value is -0.860. The zero-order valence-corrected chi connectivity index (χ0v) is 8.49. The molecule has 0 aliphatic rings.